The minimum atomic E-state index is -0.141. The van der Waals surface area contributed by atoms with E-state index in [1.165, 1.54) is 30.6 Å². The molecule has 96 valence electrons. The maximum atomic E-state index is 13.2. The van der Waals surface area contributed by atoms with Gasteiger partial charge in [-0.25, -0.2) is 4.39 Å². The number of thiophene rings is 1. The molecule has 1 N–H and O–H groups in total. The molecule has 1 aliphatic carbocycles. The van der Waals surface area contributed by atoms with Crippen molar-refractivity contribution in [2.75, 3.05) is 7.05 Å². The lowest BCUT2D eigenvalue weighted by Crippen LogP contribution is -2.22. The second-order valence-electron chi connectivity index (χ2n) is 5.14. The highest BCUT2D eigenvalue weighted by Gasteiger charge is 2.26. The van der Waals surface area contributed by atoms with Crippen molar-refractivity contribution in [2.24, 2.45) is 5.92 Å². The van der Waals surface area contributed by atoms with Gasteiger partial charge in [0.2, 0.25) is 0 Å². The minimum Gasteiger partial charge on any atom is -0.312 e. The van der Waals surface area contributed by atoms with Crippen LogP contribution in [0.2, 0.25) is 0 Å². The van der Waals surface area contributed by atoms with Crippen LogP contribution in [0.5, 0.6) is 0 Å². The molecule has 0 amide bonds. The topological polar surface area (TPSA) is 12.0 Å². The van der Waals surface area contributed by atoms with Crippen LogP contribution >= 0.6 is 11.3 Å². The molecule has 1 unspecified atom stereocenters. The Morgan fingerprint density at radius 2 is 2.06 bits per heavy atom. The molecular formula is C15H18FNS. The highest BCUT2D eigenvalue weighted by atomic mass is 32.1. The molecule has 0 saturated heterocycles. The summed E-state index contributed by atoms with van der Waals surface area (Å²) >= 11 is 1.73. The van der Waals surface area contributed by atoms with Crippen molar-refractivity contribution in [1.82, 2.24) is 5.32 Å². The first kappa shape index (κ1) is 12.1. The summed E-state index contributed by atoms with van der Waals surface area (Å²) in [6.07, 6.45) is 5.33. The molecular weight excluding hydrogens is 245 g/mol. The summed E-state index contributed by atoms with van der Waals surface area (Å²) in [6, 6.07) is 7.73. The Kier molecular flexibility index (Phi) is 3.35. The SMILES string of the molecule is CNC(c1cc2ccc(F)cc2s1)C1CCCC1. The first-order valence-electron chi connectivity index (χ1n) is 6.64. The number of halogens is 1. The zero-order valence-electron chi connectivity index (χ0n) is 10.6. The fraction of sp³-hybridized carbons (Fsp3) is 0.467. The summed E-state index contributed by atoms with van der Waals surface area (Å²) in [6.45, 7) is 0. The molecule has 1 fully saturated rings. The van der Waals surface area contributed by atoms with Crippen molar-refractivity contribution in [1.29, 1.82) is 0 Å². The average Bonchev–Trinajstić information content (AvgIpc) is 2.98. The summed E-state index contributed by atoms with van der Waals surface area (Å²) in [7, 11) is 2.04. The Morgan fingerprint density at radius 3 is 2.78 bits per heavy atom. The monoisotopic (exact) mass is 263 g/mol. The van der Waals surface area contributed by atoms with E-state index >= 15 is 0 Å². The van der Waals surface area contributed by atoms with Gasteiger partial charge in [0.05, 0.1) is 0 Å². The van der Waals surface area contributed by atoms with Crippen molar-refractivity contribution >= 4 is 21.4 Å². The van der Waals surface area contributed by atoms with E-state index < -0.39 is 0 Å². The molecule has 3 rings (SSSR count). The predicted octanol–water partition coefficient (Wildman–Crippen LogP) is 4.49. The zero-order chi connectivity index (χ0) is 12.5. The van der Waals surface area contributed by atoms with Crippen LogP contribution in [0, 0.1) is 11.7 Å². The molecule has 0 aliphatic heterocycles. The molecule has 0 spiro atoms. The third kappa shape index (κ3) is 2.17. The molecule has 1 aromatic carbocycles. The Bertz CT molecular complexity index is 542. The third-order valence-electron chi connectivity index (χ3n) is 3.99. The van der Waals surface area contributed by atoms with Gasteiger partial charge in [0.1, 0.15) is 5.82 Å². The van der Waals surface area contributed by atoms with Crippen molar-refractivity contribution in [3.63, 3.8) is 0 Å². The Balaban J connectivity index is 1.96. The van der Waals surface area contributed by atoms with Gasteiger partial charge in [-0.15, -0.1) is 11.3 Å². The van der Waals surface area contributed by atoms with Crippen molar-refractivity contribution in [3.8, 4) is 0 Å². The van der Waals surface area contributed by atoms with E-state index in [4.69, 9.17) is 0 Å². The number of rotatable bonds is 3. The lowest BCUT2D eigenvalue weighted by molar-refractivity contribution is 0.396. The fourth-order valence-corrected chi connectivity index (χ4v) is 4.37. The molecule has 1 aliphatic rings. The van der Waals surface area contributed by atoms with Crippen molar-refractivity contribution in [2.45, 2.75) is 31.7 Å². The van der Waals surface area contributed by atoms with E-state index in [1.807, 2.05) is 13.1 Å². The average molecular weight is 263 g/mol. The molecule has 0 radical (unpaired) electrons. The molecule has 1 atom stereocenters. The molecule has 0 bridgehead atoms. The summed E-state index contributed by atoms with van der Waals surface area (Å²) in [5.41, 5.74) is 0. The lowest BCUT2D eigenvalue weighted by atomic mass is 9.97. The van der Waals surface area contributed by atoms with Gasteiger partial charge in [-0.3, -0.25) is 0 Å². The highest BCUT2D eigenvalue weighted by molar-refractivity contribution is 7.19. The third-order valence-corrected chi connectivity index (χ3v) is 5.17. The standard InChI is InChI=1S/C15H18FNS/c1-17-15(10-4-2-3-5-10)14-8-11-6-7-12(16)9-13(11)18-14/h6-10,15,17H,2-5H2,1H3. The fourth-order valence-electron chi connectivity index (χ4n) is 3.08. The van der Waals surface area contributed by atoms with Gasteiger partial charge in [0.15, 0.2) is 0 Å². The van der Waals surface area contributed by atoms with Crippen LogP contribution in [-0.4, -0.2) is 7.05 Å². The van der Waals surface area contributed by atoms with Crippen LogP contribution in [0.1, 0.15) is 36.6 Å². The Labute approximate surface area is 111 Å². The highest BCUT2D eigenvalue weighted by Crippen LogP contribution is 2.39. The Hall–Kier alpha value is -0.930. The largest absolute Gasteiger partial charge is 0.312 e. The van der Waals surface area contributed by atoms with Crippen LogP contribution in [0.25, 0.3) is 10.1 Å². The summed E-state index contributed by atoms with van der Waals surface area (Å²) in [4.78, 5) is 1.35. The van der Waals surface area contributed by atoms with E-state index in [1.54, 1.807) is 23.5 Å². The van der Waals surface area contributed by atoms with E-state index in [0.29, 0.717) is 6.04 Å². The number of hydrogen-bond acceptors (Lipinski definition) is 2. The number of nitrogens with one attached hydrogen (secondary N) is 1. The summed E-state index contributed by atoms with van der Waals surface area (Å²) in [5.74, 6) is 0.602. The second-order valence-corrected chi connectivity index (χ2v) is 6.26. The van der Waals surface area contributed by atoms with Gasteiger partial charge in [0.25, 0.3) is 0 Å². The van der Waals surface area contributed by atoms with Crippen LogP contribution < -0.4 is 5.32 Å². The molecule has 18 heavy (non-hydrogen) atoms. The summed E-state index contributed by atoms with van der Waals surface area (Å²) in [5, 5.41) is 4.61. The zero-order valence-corrected chi connectivity index (χ0v) is 11.4. The van der Waals surface area contributed by atoms with Gasteiger partial charge in [-0.1, -0.05) is 18.9 Å². The van der Waals surface area contributed by atoms with Crippen molar-refractivity contribution < 1.29 is 4.39 Å². The van der Waals surface area contributed by atoms with Crippen LogP contribution in [-0.2, 0) is 0 Å². The molecule has 1 saturated carbocycles. The summed E-state index contributed by atoms with van der Waals surface area (Å²) < 4.78 is 14.3. The van der Waals surface area contributed by atoms with Crippen LogP contribution in [0.4, 0.5) is 4.39 Å². The lowest BCUT2D eigenvalue weighted by Gasteiger charge is -2.21. The first-order chi connectivity index (χ1) is 8.78. The van der Waals surface area contributed by atoms with Gasteiger partial charge in [-0.05, 0) is 49.4 Å². The maximum absolute atomic E-state index is 13.2. The molecule has 1 nitrogen and oxygen atoms in total. The van der Waals surface area contributed by atoms with E-state index in [2.05, 4.69) is 11.4 Å². The minimum absolute atomic E-state index is 0.141. The number of fused-ring (bicyclic) bond motifs is 1. The molecule has 3 heteroatoms. The first-order valence-corrected chi connectivity index (χ1v) is 7.46. The van der Waals surface area contributed by atoms with E-state index in [0.717, 1.165) is 16.0 Å². The van der Waals surface area contributed by atoms with Crippen LogP contribution in [0.3, 0.4) is 0 Å². The van der Waals surface area contributed by atoms with E-state index in [-0.39, 0.29) is 5.82 Å². The quantitative estimate of drug-likeness (QED) is 0.860. The van der Waals surface area contributed by atoms with Gasteiger partial charge >= 0.3 is 0 Å². The van der Waals surface area contributed by atoms with Gasteiger partial charge in [0, 0.05) is 15.6 Å². The Morgan fingerprint density at radius 1 is 1.28 bits per heavy atom. The number of hydrogen-bond donors (Lipinski definition) is 1. The maximum Gasteiger partial charge on any atom is 0.124 e. The normalized spacial score (nSPS) is 18.6. The predicted molar refractivity (Wildman–Crippen MR) is 75.5 cm³/mol. The van der Waals surface area contributed by atoms with Gasteiger partial charge < -0.3 is 5.32 Å². The van der Waals surface area contributed by atoms with Crippen LogP contribution in [0.15, 0.2) is 24.3 Å². The number of benzene rings is 1. The van der Waals surface area contributed by atoms with Crippen molar-refractivity contribution in [3.05, 3.63) is 35.0 Å². The smallest absolute Gasteiger partial charge is 0.124 e. The second kappa shape index (κ2) is 4.98. The molecule has 1 aromatic heterocycles. The van der Waals surface area contributed by atoms with E-state index in [9.17, 15) is 4.39 Å². The molecule has 2 aromatic rings. The molecule has 1 heterocycles. The van der Waals surface area contributed by atoms with Gasteiger partial charge in [-0.2, -0.15) is 0 Å².